The van der Waals surface area contributed by atoms with Gasteiger partial charge < -0.3 is 10.1 Å². The molecule has 0 aliphatic heterocycles. The molecule has 0 aliphatic carbocycles. The van der Waals surface area contributed by atoms with Gasteiger partial charge in [0.15, 0.2) is 0 Å². The average Bonchev–Trinajstić information content (AvgIpc) is 2.40. The molecule has 0 aliphatic rings. The standard InChI is InChI=1S/C17H29NO/c1-6-13-18-16(11-12-17(3,4)19-5)15-10-8-7-9-14(15)2/h7-10,16,18H,6,11-13H2,1-5H3. The van der Waals surface area contributed by atoms with Crippen LogP contribution in [0.25, 0.3) is 0 Å². The van der Waals surface area contributed by atoms with Crippen molar-refractivity contribution in [3.05, 3.63) is 35.4 Å². The number of hydrogen-bond donors (Lipinski definition) is 1. The number of methoxy groups -OCH3 is 1. The zero-order valence-electron chi connectivity index (χ0n) is 13.1. The number of benzene rings is 1. The lowest BCUT2D eigenvalue weighted by atomic mass is 9.92. The molecule has 0 fully saturated rings. The molecular weight excluding hydrogens is 234 g/mol. The molecule has 1 unspecified atom stereocenters. The lowest BCUT2D eigenvalue weighted by Gasteiger charge is -2.27. The summed E-state index contributed by atoms with van der Waals surface area (Å²) in [5.41, 5.74) is 2.74. The molecule has 0 bridgehead atoms. The maximum Gasteiger partial charge on any atom is 0.0623 e. The molecule has 0 radical (unpaired) electrons. The summed E-state index contributed by atoms with van der Waals surface area (Å²) in [4.78, 5) is 0. The fourth-order valence-corrected chi connectivity index (χ4v) is 2.26. The van der Waals surface area contributed by atoms with Crippen molar-refractivity contribution in [3.8, 4) is 0 Å². The lowest BCUT2D eigenvalue weighted by molar-refractivity contribution is 0.0116. The van der Waals surface area contributed by atoms with E-state index in [4.69, 9.17) is 4.74 Å². The highest BCUT2D eigenvalue weighted by Gasteiger charge is 2.20. The van der Waals surface area contributed by atoms with Gasteiger partial charge in [-0.05, 0) is 57.7 Å². The summed E-state index contributed by atoms with van der Waals surface area (Å²) in [5.74, 6) is 0. The van der Waals surface area contributed by atoms with Gasteiger partial charge in [-0.15, -0.1) is 0 Å². The van der Waals surface area contributed by atoms with Crippen molar-refractivity contribution in [2.75, 3.05) is 13.7 Å². The molecule has 0 saturated carbocycles. The Morgan fingerprint density at radius 3 is 2.53 bits per heavy atom. The van der Waals surface area contributed by atoms with Crippen LogP contribution in [-0.2, 0) is 4.74 Å². The quantitative estimate of drug-likeness (QED) is 0.757. The summed E-state index contributed by atoms with van der Waals surface area (Å²) in [6, 6.07) is 9.09. The van der Waals surface area contributed by atoms with E-state index in [-0.39, 0.29) is 5.60 Å². The molecule has 1 aromatic rings. The summed E-state index contributed by atoms with van der Waals surface area (Å²) in [7, 11) is 1.79. The Balaban J connectivity index is 2.75. The van der Waals surface area contributed by atoms with Gasteiger partial charge in [-0.1, -0.05) is 31.2 Å². The number of rotatable bonds is 8. The Kier molecular flexibility index (Phi) is 6.53. The summed E-state index contributed by atoms with van der Waals surface area (Å²) in [5, 5.41) is 3.67. The summed E-state index contributed by atoms with van der Waals surface area (Å²) in [6.07, 6.45) is 3.32. The Hall–Kier alpha value is -0.860. The maximum atomic E-state index is 5.53. The van der Waals surface area contributed by atoms with Gasteiger partial charge in [-0.3, -0.25) is 0 Å². The number of nitrogens with one attached hydrogen (secondary N) is 1. The zero-order chi connectivity index (χ0) is 14.3. The Morgan fingerprint density at radius 2 is 1.95 bits per heavy atom. The lowest BCUT2D eigenvalue weighted by Crippen LogP contribution is -2.28. The van der Waals surface area contributed by atoms with Crippen molar-refractivity contribution in [2.45, 2.75) is 58.6 Å². The van der Waals surface area contributed by atoms with Gasteiger partial charge in [-0.2, -0.15) is 0 Å². The second kappa shape index (κ2) is 7.66. The van der Waals surface area contributed by atoms with Crippen LogP contribution in [0.5, 0.6) is 0 Å². The van der Waals surface area contributed by atoms with Crippen molar-refractivity contribution in [3.63, 3.8) is 0 Å². The molecule has 19 heavy (non-hydrogen) atoms. The molecule has 0 heterocycles. The van der Waals surface area contributed by atoms with Gasteiger partial charge in [-0.25, -0.2) is 0 Å². The van der Waals surface area contributed by atoms with E-state index in [1.165, 1.54) is 11.1 Å². The minimum absolute atomic E-state index is 0.0468. The first-order valence-corrected chi connectivity index (χ1v) is 7.34. The molecule has 108 valence electrons. The van der Waals surface area contributed by atoms with Crippen LogP contribution in [0.15, 0.2) is 24.3 Å². The molecule has 1 aromatic carbocycles. The van der Waals surface area contributed by atoms with Crippen LogP contribution in [0.3, 0.4) is 0 Å². The normalized spacial score (nSPS) is 13.5. The predicted octanol–water partition coefficient (Wildman–Crippen LogP) is 4.24. The van der Waals surface area contributed by atoms with E-state index in [2.05, 4.69) is 57.3 Å². The smallest absolute Gasteiger partial charge is 0.0623 e. The minimum Gasteiger partial charge on any atom is -0.379 e. The maximum absolute atomic E-state index is 5.53. The fraction of sp³-hybridized carbons (Fsp3) is 0.647. The van der Waals surface area contributed by atoms with E-state index < -0.39 is 0 Å². The summed E-state index contributed by atoms with van der Waals surface area (Å²) in [6.45, 7) is 9.77. The van der Waals surface area contributed by atoms with E-state index in [1.807, 2.05) is 0 Å². The third kappa shape index (κ3) is 5.33. The predicted molar refractivity (Wildman–Crippen MR) is 82.5 cm³/mol. The van der Waals surface area contributed by atoms with Crippen LogP contribution in [-0.4, -0.2) is 19.3 Å². The molecule has 0 amide bonds. The van der Waals surface area contributed by atoms with Gasteiger partial charge in [0.05, 0.1) is 5.60 Å². The van der Waals surface area contributed by atoms with Crippen molar-refractivity contribution in [2.24, 2.45) is 0 Å². The molecular formula is C17H29NO. The molecule has 2 heteroatoms. The van der Waals surface area contributed by atoms with Crippen LogP contribution in [0.1, 0.15) is 57.2 Å². The molecule has 0 aromatic heterocycles. The summed E-state index contributed by atoms with van der Waals surface area (Å²) < 4.78 is 5.53. The van der Waals surface area contributed by atoms with Gasteiger partial charge >= 0.3 is 0 Å². The molecule has 0 spiro atoms. The topological polar surface area (TPSA) is 21.3 Å². The fourth-order valence-electron chi connectivity index (χ4n) is 2.26. The van der Waals surface area contributed by atoms with E-state index in [0.717, 1.165) is 25.8 Å². The monoisotopic (exact) mass is 263 g/mol. The first-order valence-electron chi connectivity index (χ1n) is 7.34. The molecule has 1 rings (SSSR count). The third-order valence-corrected chi connectivity index (χ3v) is 3.79. The molecule has 1 N–H and O–H groups in total. The number of hydrogen-bond acceptors (Lipinski definition) is 2. The SMILES string of the molecule is CCCNC(CCC(C)(C)OC)c1ccccc1C. The Labute approximate surface area is 118 Å². The highest BCUT2D eigenvalue weighted by Crippen LogP contribution is 2.26. The molecule has 2 nitrogen and oxygen atoms in total. The van der Waals surface area contributed by atoms with Crippen molar-refractivity contribution < 1.29 is 4.74 Å². The highest BCUT2D eigenvalue weighted by molar-refractivity contribution is 5.28. The van der Waals surface area contributed by atoms with Crippen LogP contribution in [0.2, 0.25) is 0 Å². The van der Waals surface area contributed by atoms with E-state index >= 15 is 0 Å². The van der Waals surface area contributed by atoms with E-state index in [1.54, 1.807) is 7.11 Å². The molecule has 1 atom stereocenters. The van der Waals surface area contributed by atoms with Crippen LogP contribution in [0, 0.1) is 6.92 Å². The highest BCUT2D eigenvalue weighted by atomic mass is 16.5. The molecule has 0 saturated heterocycles. The first-order chi connectivity index (χ1) is 9.00. The van der Waals surface area contributed by atoms with Crippen LogP contribution < -0.4 is 5.32 Å². The van der Waals surface area contributed by atoms with Crippen molar-refractivity contribution >= 4 is 0 Å². The van der Waals surface area contributed by atoms with Gasteiger partial charge in [0.25, 0.3) is 0 Å². The van der Waals surface area contributed by atoms with Gasteiger partial charge in [0, 0.05) is 13.2 Å². The minimum atomic E-state index is -0.0468. The van der Waals surface area contributed by atoms with Crippen molar-refractivity contribution in [1.82, 2.24) is 5.32 Å². The van der Waals surface area contributed by atoms with Crippen LogP contribution in [0.4, 0.5) is 0 Å². The van der Waals surface area contributed by atoms with Gasteiger partial charge in [0.2, 0.25) is 0 Å². The van der Waals surface area contributed by atoms with E-state index in [0.29, 0.717) is 6.04 Å². The number of ether oxygens (including phenoxy) is 1. The largest absolute Gasteiger partial charge is 0.379 e. The summed E-state index contributed by atoms with van der Waals surface area (Å²) >= 11 is 0. The Bertz CT molecular complexity index is 373. The third-order valence-electron chi connectivity index (χ3n) is 3.79. The average molecular weight is 263 g/mol. The second-order valence-electron chi connectivity index (χ2n) is 5.87. The zero-order valence-corrected chi connectivity index (χ0v) is 13.1. The van der Waals surface area contributed by atoms with Crippen LogP contribution >= 0.6 is 0 Å². The van der Waals surface area contributed by atoms with Gasteiger partial charge in [0.1, 0.15) is 0 Å². The second-order valence-corrected chi connectivity index (χ2v) is 5.87. The number of aryl methyl sites for hydroxylation is 1. The van der Waals surface area contributed by atoms with E-state index in [9.17, 15) is 0 Å². The first kappa shape index (κ1) is 16.2. The Morgan fingerprint density at radius 1 is 1.26 bits per heavy atom. The van der Waals surface area contributed by atoms with Crippen molar-refractivity contribution in [1.29, 1.82) is 0 Å².